The molecule has 0 spiro atoms. The van der Waals surface area contributed by atoms with Crippen molar-refractivity contribution in [1.82, 2.24) is 0 Å². The van der Waals surface area contributed by atoms with E-state index < -0.39 is 5.97 Å². The average molecular weight is 430 g/mol. The van der Waals surface area contributed by atoms with Crippen LogP contribution in [-0.2, 0) is 11.2 Å². The first-order valence-corrected chi connectivity index (χ1v) is 10.1. The van der Waals surface area contributed by atoms with E-state index in [1.807, 2.05) is 0 Å². The first-order valence-electron chi connectivity index (χ1n) is 10.1. The molecule has 0 bridgehead atoms. The third-order valence-electron chi connectivity index (χ3n) is 4.17. The van der Waals surface area contributed by atoms with Crippen LogP contribution in [0.5, 0.6) is 0 Å². The van der Waals surface area contributed by atoms with Crippen molar-refractivity contribution in [2.75, 3.05) is 0 Å². The second kappa shape index (κ2) is 22.5. The van der Waals surface area contributed by atoms with Crippen molar-refractivity contribution in [3.8, 4) is 0 Å². The minimum Gasteiger partial charge on any atom is -0.550 e. The zero-order valence-electron chi connectivity index (χ0n) is 16.7. The summed E-state index contributed by atoms with van der Waals surface area (Å²) >= 11 is 0. The summed E-state index contributed by atoms with van der Waals surface area (Å²) in [6, 6.07) is 0. The van der Waals surface area contributed by atoms with Crippen LogP contribution in [0.4, 0.5) is 0 Å². The van der Waals surface area contributed by atoms with Gasteiger partial charge in [0.1, 0.15) is 0 Å². The van der Waals surface area contributed by atoms with E-state index in [0.717, 1.165) is 25.2 Å². The molecule has 0 saturated heterocycles. The predicted octanol–water partition coefficient (Wildman–Crippen LogP) is 5.38. The Morgan fingerprint density at radius 2 is 1.12 bits per heavy atom. The van der Waals surface area contributed by atoms with Gasteiger partial charge < -0.3 is 19.1 Å². The fourth-order valence-corrected chi connectivity index (χ4v) is 2.57. The molecule has 4 nitrogen and oxygen atoms in total. The SMILES string of the molecule is CCCCCCCCCC(=O)[O-].CCCCCCCCC[c-]1oo1.[Sr+2]. The quantitative estimate of drug-likeness (QED) is 0.153. The smallest absolute Gasteiger partial charge is 0.550 e. The number of carbonyl (C=O) groups is 1. The Balaban J connectivity index is 0. The van der Waals surface area contributed by atoms with Gasteiger partial charge in [0, 0.05) is 11.9 Å². The van der Waals surface area contributed by atoms with Crippen LogP contribution in [0.3, 0.4) is 0 Å². The number of hydrogen-bond donors (Lipinski definition) is 0. The fourth-order valence-electron chi connectivity index (χ4n) is 2.57. The monoisotopic (exact) mass is 430 g/mol. The molecule has 0 radical (unpaired) electrons. The molecule has 0 amide bonds. The van der Waals surface area contributed by atoms with Crippen molar-refractivity contribution < 1.29 is 19.1 Å². The van der Waals surface area contributed by atoms with Gasteiger partial charge in [0.05, 0.1) is 0 Å². The van der Waals surface area contributed by atoms with Crippen molar-refractivity contribution in [1.29, 1.82) is 0 Å². The van der Waals surface area contributed by atoms with Crippen molar-refractivity contribution in [2.45, 2.75) is 117 Å². The van der Waals surface area contributed by atoms with Crippen molar-refractivity contribution in [3.05, 3.63) is 5.96 Å². The maximum atomic E-state index is 10.0. The number of unbranched alkanes of at least 4 members (excludes halogenated alkanes) is 12. The van der Waals surface area contributed by atoms with Crippen LogP contribution in [0.1, 0.15) is 116 Å². The molecule has 0 aromatic carbocycles. The van der Waals surface area contributed by atoms with Crippen molar-refractivity contribution in [2.24, 2.45) is 0 Å². The molecule has 25 heavy (non-hydrogen) atoms. The van der Waals surface area contributed by atoms with Crippen molar-refractivity contribution in [3.63, 3.8) is 0 Å². The second-order valence-corrected chi connectivity index (χ2v) is 6.65. The molecular weight excluding hydrogens is 392 g/mol. The Labute approximate surface area is 191 Å². The van der Waals surface area contributed by atoms with E-state index in [-0.39, 0.29) is 51.9 Å². The van der Waals surface area contributed by atoms with E-state index >= 15 is 0 Å². The van der Waals surface area contributed by atoms with Gasteiger partial charge >= 0.3 is 45.5 Å². The molecule has 1 aromatic rings. The summed E-state index contributed by atoms with van der Waals surface area (Å²) in [5.41, 5.74) is 0. The van der Waals surface area contributed by atoms with E-state index in [1.54, 1.807) is 0 Å². The van der Waals surface area contributed by atoms with Crippen LogP contribution < -0.4 is 5.11 Å². The molecule has 0 aliphatic rings. The van der Waals surface area contributed by atoms with Crippen molar-refractivity contribution >= 4 is 51.5 Å². The summed E-state index contributed by atoms with van der Waals surface area (Å²) in [6.45, 7) is 4.44. The molecule has 1 heterocycles. The van der Waals surface area contributed by atoms with Crippen LogP contribution >= 0.6 is 0 Å². The number of aliphatic carboxylic acids is 1. The molecule has 5 heteroatoms. The summed E-state index contributed by atoms with van der Waals surface area (Å²) in [5.74, 6) is -0.0767. The molecule has 1 rings (SSSR count). The average Bonchev–Trinajstić information content (AvgIpc) is 3.38. The van der Waals surface area contributed by atoms with Gasteiger partial charge in [0.2, 0.25) is 0 Å². The van der Waals surface area contributed by atoms with Gasteiger partial charge in [-0.3, -0.25) is 0 Å². The number of aryl methyl sites for hydroxylation is 1. The molecule has 0 fully saturated rings. The van der Waals surface area contributed by atoms with Crippen LogP contribution in [0.2, 0.25) is 0 Å². The summed E-state index contributed by atoms with van der Waals surface area (Å²) < 4.78 is 9.14. The van der Waals surface area contributed by atoms with E-state index in [1.165, 1.54) is 77.0 Å². The van der Waals surface area contributed by atoms with Crippen LogP contribution in [0.15, 0.2) is 9.15 Å². The van der Waals surface area contributed by atoms with E-state index in [2.05, 4.69) is 23.0 Å². The maximum Gasteiger partial charge on any atom is 2.00 e. The second-order valence-electron chi connectivity index (χ2n) is 6.65. The third kappa shape index (κ3) is 26.8. The topological polar surface area (TPSA) is 66.4 Å². The number of rotatable bonds is 16. The Morgan fingerprint density at radius 3 is 1.52 bits per heavy atom. The first kappa shape index (κ1) is 27.6. The normalized spacial score (nSPS) is 10.2. The summed E-state index contributed by atoms with van der Waals surface area (Å²) in [5, 5.41) is 10.0. The molecular formula is C20H38O4Sr. The van der Waals surface area contributed by atoms with E-state index in [4.69, 9.17) is 0 Å². The van der Waals surface area contributed by atoms with Gasteiger partial charge in [-0.15, -0.1) is 0 Å². The minimum absolute atomic E-state index is 0. The zero-order chi connectivity index (χ0) is 17.9. The van der Waals surface area contributed by atoms with Gasteiger partial charge in [-0.05, 0) is 12.8 Å². The third-order valence-corrected chi connectivity index (χ3v) is 4.17. The number of carboxylic acid groups (broad SMARTS) is 1. The predicted molar refractivity (Wildman–Crippen MR) is 102 cm³/mol. The van der Waals surface area contributed by atoms with Gasteiger partial charge in [0.15, 0.2) is 0 Å². The number of hydrogen-bond acceptors (Lipinski definition) is 4. The summed E-state index contributed by atoms with van der Waals surface area (Å²) in [7, 11) is 0. The van der Waals surface area contributed by atoms with Crippen LogP contribution in [0.25, 0.3) is 0 Å². The zero-order valence-corrected chi connectivity index (χ0v) is 20.1. The standard InChI is InChI=1S/C10H19O2.C10H20O2.Sr/c1-2-3-4-5-6-7-8-9-10-11-12-10;1-2-3-4-5-6-7-8-9-10(11)12;/h2-9H2,1H3;2-9H2,1H3,(H,11,12);/q-1;;+2/p-1. The minimum atomic E-state index is -0.913. The molecule has 0 unspecified atom stereocenters. The fraction of sp³-hybridized carbons (Fsp3) is 0.900. The molecule has 0 aliphatic carbocycles. The van der Waals surface area contributed by atoms with Crippen LogP contribution in [0, 0.1) is 0 Å². The summed E-state index contributed by atoms with van der Waals surface area (Å²) in [4.78, 5) is 10.0. The molecule has 0 N–H and O–H groups in total. The van der Waals surface area contributed by atoms with Gasteiger partial charge in [-0.2, -0.15) is 0 Å². The Kier molecular flexibility index (Phi) is 24.8. The number of carboxylic acids is 1. The molecule has 0 saturated carbocycles. The largest absolute Gasteiger partial charge is 2.00 e. The Bertz CT molecular complexity index is 333. The van der Waals surface area contributed by atoms with Gasteiger partial charge in [-0.25, -0.2) is 0 Å². The molecule has 1 aromatic heterocycles. The summed E-state index contributed by atoms with van der Waals surface area (Å²) in [6.07, 6.45) is 18.8. The van der Waals surface area contributed by atoms with E-state index in [0.29, 0.717) is 0 Å². The Hall–Kier alpha value is 0.421. The molecule has 0 atom stereocenters. The molecule has 144 valence electrons. The maximum absolute atomic E-state index is 10.0. The Morgan fingerprint density at radius 1 is 0.720 bits per heavy atom. The van der Waals surface area contributed by atoms with E-state index in [9.17, 15) is 9.90 Å². The van der Waals surface area contributed by atoms with Gasteiger partial charge in [0.25, 0.3) is 0 Å². The van der Waals surface area contributed by atoms with Gasteiger partial charge in [-0.1, -0.05) is 104 Å². The molecule has 0 aliphatic heterocycles. The van der Waals surface area contributed by atoms with Crippen LogP contribution in [-0.4, -0.2) is 51.5 Å². The first-order chi connectivity index (χ1) is 11.7. The number of carbonyl (C=O) groups excluding carboxylic acids is 1.